The van der Waals surface area contributed by atoms with Crippen molar-refractivity contribution in [1.82, 2.24) is 4.90 Å². The number of carboxylic acid groups (broad SMARTS) is 1. The Morgan fingerprint density at radius 2 is 2.12 bits per heavy atom. The van der Waals surface area contributed by atoms with E-state index in [1.54, 1.807) is 0 Å². The van der Waals surface area contributed by atoms with Crippen LogP contribution in [0.25, 0.3) is 0 Å². The fourth-order valence-corrected chi connectivity index (χ4v) is 2.49. The summed E-state index contributed by atoms with van der Waals surface area (Å²) in [6, 6.07) is 0.469. The molecule has 1 atom stereocenters. The van der Waals surface area contributed by atoms with Gasteiger partial charge in [0, 0.05) is 19.2 Å². The Morgan fingerprint density at radius 1 is 1.50 bits per heavy atom. The van der Waals surface area contributed by atoms with E-state index >= 15 is 0 Å². The number of nitrogens with zero attached hydrogens (tertiary/aromatic N) is 1. The van der Waals surface area contributed by atoms with Gasteiger partial charge in [-0.3, -0.25) is 4.79 Å². The first-order valence-electron chi connectivity index (χ1n) is 6.07. The molecule has 0 amide bonds. The third-order valence-electron chi connectivity index (χ3n) is 3.67. The molecule has 0 aromatic carbocycles. The Kier molecular flexibility index (Phi) is 4.74. The molecule has 1 aliphatic rings. The van der Waals surface area contributed by atoms with Gasteiger partial charge in [0.15, 0.2) is 0 Å². The highest BCUT2D eigenvalue weighted by atomic mass is 16.5. The molecule has 1 rings (SSSR count). The van der Waals surface area contributed by atoms with Crippen molar-refractivity contribution in [2.45, 2.75) is 39.2 Å². The number of aliphatic carboxylic acids is 1. The van der Waals surface area contributed by atoms with Crippen molar-refractivity contribution >= 4 is 5.97 Å². The monoisotopic (exact) mass is 229 g/mol. The lowest BCUT2D eigenvalue weighted by molar-refractivity contribution is -0.150. The van der Waals surface area contributed by atoms with Crippen molar-refractivity contribution in [3.05, 3.63) is 0 Å². The van der Waals surface area contributed by atoms with Gasteiger partial charge in [-0.25, -0.2) is 0 Å². The number of ether oxygens (including phenoxy) is 1. The first-order valence-corrected chi connectivity index (χ1v) is 6.07. The lowest BCUT2D eigenvalue weighted by atomic mass is 9.86. The van der Waals surface area contributed by atoms with Crippen LogP contribution in [0.1, 0.15) is 33.1 Å². The van der Waals surface area contributed by atoms with E-state index < -0.39 is 11.4 Å². The summed E-state index contributed by atoms with van der Waals surface area (Å²) >= 11 is 0. The van der Waals surface area contributed by atoms with E-state index in [4.69, 9.17) is 4.74 Å². The Labute approximate surface area is 97.6 Å². The highest BCUT2D eigenvalue weighted by Crippen LogP contribution is 2.30. The van der Waals surface area contributed by atoms with E-state index in [9.17, 15) is 9.90 Å². The van der Waals surface area contributed by atoms with E-state index in [1.807, 2.05) is 7.05 Å². The van der Waals surface area contributed by atoms with E-state index in [0.717, 1.165) is 12.8 Å². The van der Waals surface area contributed by atoms with Crippen LogP contribution in [0, 0.1) is 5.41 Å². The molecular formula is C12H23NO3. The van der Waals surface area contributed by atoms with Crippen LogP contribution >= 0.6 is 0 Å². The second kappa shape index (κ2) is 5.64. The van der Waals surface area contributed by atoms with Gasteiger partial charge in [-0.05, 0) is 26.3 Å². The van der Waals surface area contributed by atoms with Gasteiger partial charge >= 0.3 is 5.97 Å². The fourth-order valence-electron chi connectivity index (χ4n) is 2.49. The van der Waals surface area contributed by atoms with E-state index in [2.05, 4.69) is 18.7 Å². The summed E-state index contributed by atoms with van der Waals surface area (Å²) in [7, 11) is 2.01. The Hall–Kier alpha value is -0.610. The molecule has 1 fully saturated rings. The molecule has 0 spiro atoms. The Balaban J connectivity index is 2.65. The van der Waals surface area contributed by atoms with Crippen molar-refractivity contribution in [2.75, 3.05) is 26.8 Å². The second-order valence-electron chi connectivity index (χ2n) is 4.77. The summed E-state index contributed by atoms with van der Waals surface area (Å²) in [5.41, 5.74) is -0.683. The summed E-state index contributed by atoms with van der Waals surface area (Å²) in [4.78, 5) is 13.5. The SMILES string of the molecule is CCC(CC)N(C)CC1(C(=O)O)CCOC1. The van der Waals surface area contributed by atoms with Crippen LogP contribution in [0.15, 0.2) is 0 Å². The molecule has 1 unspecified atom stereocenters. The molecule has 94 valence electrons. The maximum Gasteiger partial charge on any atom is 0.313 e. The molecule has 1 saturated heterocycles. The average Bonchev–Trinajstić information content (AvgIpc) is 2.69. The highest BCUT2D eigenvalue weighted by Gasteiger charge is 2.43. The smallest absolute Gasteiger partial charge is 0.313 e. The van der Waals surface area contributed by atoms with Crippen LogP contribution in [-0.4, -0.2) is 48.8 Å². The van der Waals surface area contributed by atoms with Crippen molar-refractivity contribution < 1.29 is 14.6 Å². The minimum absolute atomic E-state index is 0.354. The van der Waals surface area contributed by atoms with Crippen LogP contribution in [0.4, 0.5) is 0 Å². The lowest BCUT2D eigenvalue weighted by Crippen LogP contribution is -2.45. The number of hydrogen-bond donors (Lipinski definition) is 1. The van der Waals surface area contributed by atoms with Gasteiger partial charge < -0.3 is 14.7 Å². The molecule has 1 heterocycles. The zero-order chi connectivity index (χ0) is 12.2. The number of carbonyl (C=O) groups is 1. The molecule has 1 N–H and O–H groups in total. The Morgan fingerprint density at radius 3 is 2.50 bits per heavy atom. The number of hydrogen-bond acceptors (Lipinski definition) is 3. The first kappa shape index (κ1) is 13.5. The molecule has 0 bridgehead atoms. The van der Waals surface area contributed by atoms with Crippen LogP contribution in [-0.2, 0) is 9.53 Å². The van der Waals surface area contributed by atoms with Crippen molar-refractivity contribution in [2.24, 2.45) is 5.41 Å². The summed E-state index contributed by atoms with van der Waals surface area (Å²) in [6.07, 6.45) is 2.75. The summed E-state index contributed by atoms with van der Waals surface area (Å²) < 4.78 is 5.26. The van der Waals surface area contributed by atoms with Crippen LogP contribution in [0.5, 0.6) is 0 Å². The quantitative estimate of drug-likeness (QED) is 0.751. The molecule has 4 heteroatoms. The minimum Gasteiger partial charge on any atom is -0.481 e. The molecule has 4 nitrogen and oxygen atoms in total. The molecule has 0 aromatic heterocycles. The molecule has 16 heavy (non-hydrogen) atoms. The number of carboxylic acids is 1. The predicted octanol–water partition coefficient (Wildman–Crippen LogP) is 1.60. The maximum atomic E-state index is 11.4. The third kappa shape index (κ3) is 2.74. The van der Waals surface area contributed by atoms with Crippen molar-refractivity contribution in [3.8, 4) is 0 Å². The lowest BCUT2D eigenvalue weighted by Gasteiger charge is -2.33. The van der Waals surface area contributed by atoms with Gasteiger partial charge in [0.1, 0.15) is 5.41 Å². The van der Waals surface area contributed by atoms with Gasteiger partial charge in [-0.2, -0.15) is 0 Å². The van der Waals surface area contributed by atoms with Crippen LogP contribution in [0.3, 0.4) is 0 Å². The first-order chi connectivity index (χ1) is 7.55. The van der Waals surface area contributed by atoms with E-state index in [-0.39, 0.29) is 0 Å². The van der Waals surface area contributed by atoms with Gasteiger partial charge in [0.05, 0.1) is 6.61 Å². The largest absolute Gasteiger partial charge is 0.481 e. The van der Waals surface area contributed by atoms with Gasteiger partial charge in [0.2, 0.25) is 0 Å². The standard InChI is InChI=1S/C12H23NO3/c1-4-10(5-2)13(3)8-12(11(14)15)6-7-16-9-12/h10H,4-9H2,1-3H3,(H,14,15). The summed E-state index contributed by atoms with van der Waals surface area (Å²) in [5.74, 6) is -0.720. The van der Waals surface area contributed by atoms with Gasteiger partial charge in [0.25, 0.3) is 0 Å². The molecule has 0 saturated carbocycles. The second-order valence-corrected chi connectivity index (χ2v) is 4.77. The molecule has 1 aliphatic heterocycles. The van der Waals surface area contributed by atoms with E-state index in [0.29, 0.717) is 32.2 Å². The van der Waals surface area contributed by atoms with Crippen LogP contribution < -0.4 is 0 Å². The maximum absolute atomic E-state index is 11.4. The summed E-state index contributed by atoms with van der Waals surface area (Å²) in [6.45, 7) is 5.80. The predicted molar refractivity (Wildman–Crippen MR) is 62.5 cm³/mol. The average molecular weight is 229 g/mol. The van der Waals surface area contributed by atoms with Crippen molar-refractivity contribution in [1.29, 1.82) is 0 Å². The van der Waals surface area contributed by atoms with Gasteiger partial charge in [-0.15, -0.1) is 0 Å². The third-order valence-corrected chi connectivity index (χ3v) is 3.67. The zero-order valence-corrected chi connectivity index (χ0v) is 10.5. The molecule has 0 radical (unpaired) electrons. The highest BCUT2D eigenvalue weighted by molar-refractivity contribution is 5.75. The summed E-state index contributed by atoms with van der Waals surface area (Å²) in [5, 5.41) is 9.33. The van der Waals surface area contributed by atoms with Crippen molar-refractivity contribution in [3.63, 3.8) is 0 Å². The molecule has 0 aliphatic carbocycles. The fraction of sp³-hybridized carbons (Fsp3) is 0.917. The minimum atomic E-state index is -0.720. The zero-order valence-electron chi connectivity index (χ0n) is 10.5. The van der Waals surface area contributed by atoms with Crippen LogP contribution in [0.2, 0.25) is 0 Å². The van der Waals surface area contributed by atoms with Gasteiger partial charge in [-0.1, -0.05) is 13.8 Å². The normalized spacial score (nSPS) is 25.6. The van der Waals surface area contributed by atoms with E-state index in [1.165, 1.54) is 0 Å². The Bertz CT molecular complexity index is 232. The molecule has 0 aromatic rings. The number of rotatable bonds is 6. The molecular weight excluding hydrogens is 206 g/mol. The topological polar surface area (TPSA) is 49.8 Å².